The summed E-state index contributed by atoms with van der Waals surface area (Å²) in [4.78, 5) is 25.5. The zero-order valence-electron chi connectivity index (χ0n) is 34.0. The first-order valence-electron chi connectivity index (χ1n) is 20.8. The molecule has 1 N–H and O–H groups in total. The van der Waals surface area contributed by atoms with Gasteiger partial charge in [0.05, 0.1) is 35.7 Å². The fourth-order valence-electron chi connectivity index (χ4n) is 6.08. The Morgan fingerprint density at radius 1 is 0.466 bits per heavy atom. The van der Waals surface area contributed by atoms with Gasteiger partial charge < -0.3 is 24.3 Å². The molecule has 0 heterocycles. The summed E-state index contributed by atoms with van der Waals surface area (Å²) >= 11 is 0. The van der Waals surface area contributed by atoms with Crippen LogP contribution in [0.4, 0.5) is 22.7 Å². The molecule has 0 atom stereocenters. The second kappa shape index (κ2) is 24.6. The third-order valence-corrected chi connectivity index (χ3v) is 9.52. The van der Waals surface area contributed by atoms with Crippen molar-refractivity contribution in [2.75, 3.05) is 18.5 Å². The van der Waals surface area contributed by atoms with Crippen molar-refractivity contribution in [2.45, 2.75) is 97.5 Å². The summed E-state index contributed by atoms with van der Waals surface area (Å²) in [6.07, 6.45) is 14.8. The molecule has 0 bridgehead atoms. The van der Waals surface area contributed by atoms with Gasteiger partial charge in [-0.25, -0.2) is 9.59 Å². The summed E-state index contributed by atoms with van der Waals surface area (Å²) in [5, 5.41) is 11.9. The number of anilines is 2. The monoisotopic (exact) mass is 783 g/mol. The SMILES string of the molecule is CCCCCCCCOc1ccc(N=Nc2ccc(C(=O)OCc3ccc(OC(=O)c4ccc(Nc5ccc(OCCCCCCCC)cc5)cc4)cc3)cc2)cc1. The number of esters is 2. The van der Waals surface area contributed by atoms with E-state index in [1.54, 1.807) is 60.7 Å². The Morgan fingerprint density at radius 3 is 1.41 bits per heavy atom. The molecule has 5 aromatic rings. The van der Waals surface area contributed by atoms with Gasteiger partial charge >= 0.3 is 11.9 Å². The van der Waals surface area contributed by atoms with Crippen molar-refractivity contribution in [1.29, 1.82) is 0 Å². The molecule has 0 aliphatic carbocycles. The smallest absolute Gasteiger partial charge is 0.343 e. The normalized spacial score (nSPS) is 11.0. The highest BCUT2D eigenvalue weighted by Gasteiger charge is 2.11. The van der Waals surface area contributed by atoms with Crippen molar-refractivity contribution in [3.8, 4) is 17.2 Å². The summed E-state index contributed by atoms with van der Waals surface area (Å²) in [7, 11) is 0. The van der Waals surface area contributed by atoms with Gasteiger partial charge in [-0.05, 0) is 128 Å². The Morgan fingerprint density at radius 2 is 0.879 bits per heavy atom. The van der Waals surface area contributed by atoms with E-state index in [0.29, 0.717) is 34.9 Å². The predicted octanol–water partition coefficient (Wildman–Crippen LogP) is 13.9. The lowest BCUT2D eigenvalue weighted by molar-refractivity contribution is 0.0472. The summed E-state index contributed by atoms with van der Waals surface area (Å²) in [6, 6.07) is 36.1. The van der Waals surface area contributed by atoms with Crippen molar-refractivity contribution in [1.82, 2.24) is 0 Å². The Kier molecular flexibility index (Phi) is 18.3. The summed E-state index contributed by atoms with van der Waals surface area (Å²) in [5.74, 6) is 1.14. The summed E-state index contributed by atoms with van der Waals surface area (Å²) < 4.78 is 22.8. The zero-order valence-corrected chi connectivity index (χ0v) is 34.0. The van der Waals surface area contributed by atoms with E-state index in [0.717, 1.165) is 47.9 Å². The number of unbranched alkanes of at least 4 members (excludes halogenated alkanes) is 10. The molecule has 9 nitrogen and oxygen atoms in total. The molecule has 0 saturated carbocycles. The number of benzene rings is 5. The molecule has 5 rings (SSSR count). The molecular weight excluding hydrogens is 727 g/mol. The maximum absolute atomic E-state index is 12.8. The van der Waals surface area contributed by atoms with Crippen LogP contribution in [0.15, 0.2) is 132 Å². The fourth-order valence-corrected chi connectivity index (χ4v) is 6.08. The third kappa shape index (κ3) is 15.5. The number of ether oxygens (including phenoxy) is 4. The van der Waals surface area contributed by atoms with Gasteiger partial charge in [-0.15, -0.1) is 0 Å². The minimum Gasteiger partial charge on any atom is -0.494 e. The van der Waals surface area contributed by atoms with Crippen LogP contribution in [-0.2, 0) is 11.3 Å². The van der Waals surface area contributed by atoms with E-state index in [9.17, 15) is 9.59 Å². The lowest BCUT2D eigenvalue weighted by Gasteiger charge is -2.10. The van der Waals surface area contributed by atoms with Gasteiger partial charge in [-0.3, -0.25) is 0 Å². The Hall–Kier alpha value is -5.96. The van der Waals surface area contributed by atoms with Crippen LogP contribution in [0.2, 0.25) is 0 Å². The molecular formula is C49H57N3O6. The first-order valence-corrected chi connectivity index (χ1v) is 20.8. The van der Waals surface area contributed by atoms with E-state index in [1.165, 1.54) is 64.2 Å². The van der Waals surface area contributed by atoms with Crippen molar-refractivity contribution in [3.05, 3.63) is 138 Å². The van der Waals surface area contributed by atoms with Gasteiger partial charge in [0.2, 0.25) is 0 Å². The molecule has 0 spiro atoms. The van der Waals surface area contributed by atoms with Gasteiger partial charge in [-0.2, -0.15) is 10.2 Å². The van der Waals surface area contributed by atoms with Crippen LogP contribution in [0, 0.1) is 0 Å². The van der Waals surface area contributed by atoms with Crippen LogP contribution in [0.25, 0.3) is 0 Å². The third-order valence-electron chi connectivity index (χ3n) is 9.52. The number of carbonyl (C=O) groups is 2. The van der Waals surface area contributed by atoms with E-state index in [2.05, 4.69) is 29.4 Å². The van der Waals surface area contributed by atoms with Crippen LogP contribution in [0.5, 0.6) is 17.2 Å². The Balaban J connectivity index is 0.985. The van der Waals surface area contributed by atoms with Crippen LogP contribution < -0.4 is 19.5 Å². The molecule has 0 aliphatic heterocycles. The molecule has 0 amide bonds. The van der Waals surface area contributed by atoms with Crippen LogP contribution >= 0.6 is 0 Å². The molecule has 304 valence electrons. The highest BCUT2D eigenvalue weighted by Crippen LogP contribution is 2.24. The number of nitrogens with one attached hydrogen (secondary N) is 1. The number of hydrogen-bond donors (Lipinski definition) is 1. The molecule has 0 unspecified atom stereocenters. The topological polar surface area (TPSA) is 108 Å². The maximum atomic E-state index is 12.8. The van der Waals surface area contributed by atoms with Crippen LogP contribution in [0.3, 0.4) is 0 Å². The number of nitrogens with zero attached hydrogens (tertiary/aromatic N) is 2. The molecule has 0 aliphatic rings. The number of azo groups is 1. The van der Waals surface area contributed by atoms with Crippen LogP contribution in [-0.4, -0.2) is 25.2 Å². The number of carbonyl (C=O) groups excluding carboxylic acids is 2. The van der Waals surface area contributed by atoms with E-state index in [4.69, 9.17) is 18.9 Å². The first-order chi connectivity index (χ1) is 28.5. The lowest BCUT2D eigenvalue weighted by atomic mass is 10.1. The largest absolute Gasteiger partial charge is 0.494 e. The minimum atomic E-state index is -0.470. The zero-order chi connectivity index (χ0) is 40.6. The average Bonchev–Trinajstić information content (AvgIpc) is 3.26. The molecule has 58 heavy (non-hydrogen) atoms. The van der Waals surface area contributed by atoms with Crippen molar-refractivity contribution >= 4 is 34.7 Å². The van der Waals surface area contributed by atoms with Crippen molar-refractivity contribution in [3.63, 3.8) is 0 Å². The molecule has 0 fully saturated rings. The average molecular weight is 784 g/mol. The van der Waals surface area contributed by atoms with E-state index in [1.807, 2.05) is 60.7 Å². The van der Waals surface area contributed by atoms with E-state index >= 15 is 0 Å². The van der Waals surface area contributed by atoms with Gasteiger partial charge in [-0.1, -0.05) is 90.2 Å². The van der Waals surface area contributed by atoms with Crippen molar-refractivity contribution in [2.24, 2.45) is 10.2 Å². The minimum absolute atomic E-state index is 0.0661. The quantitative estimate of drug-likeness (QED) is 0.0272. The van der Waals surface area contributed by atoms with E-state index in [-0.39, 0.29) is 6.61 Å². The van der Waals surface area contributed by atoms with Crippen molar-refractivity contribution < 1.29 is 28.5 Å². The highest BCUT2D eigenvalue weighted by atomic mass is 16.5. The fraction of sp³-hybridized carbons (Fsp3) is 0.347. The predicted molar refractivity (Wildman–Crippen MR) is 231 cm³/mol. The Labute approximate surface area is 343 Å². The van der Waals surface area contributed by atoms with Gasteiger partial charge in [0, 0.05) is 11.4 Å². The highest BCUT2D eigenvalue weighted by molar-refractivity contribution is 5.91. The van der Waals surface area contributed by atoms with Gasteiger partial charge in [0.15, 0.2) is 0 Å². The standard InChI is InChI=1S/C49H57N3O6/c1-3-5-7-9-11-13-35-55-45-31-25-42(26-32-45)50-41-21-17-40(18-22-41)49(54)58-47-29-15-38(16-30-47)37-57-48(53)39-19-23-43(24-20-39)51-52-44-27-33-46(34-28-44)56-36-14-12-10-8-6-4-2/h15-34,50H,3-14,35-37H2,1-2H3. The van der Waals surface area contributed by atoms with Gasteiger partial charge in [0.1, 0.15) is 23.9 Å². The van der Waals surface area contributed by atoms with E-state index < -0.39 is 11.9 Å². The molecule has 0 saturated heterocycles. The molecule has 5 aromatic carbocycles. The second-order valence-electron chi connectivity index (χ2n) is 14.3. The summed E-state index contributed by atoms with van der Waals surface area (Å²) in [5.41, 5.74) is 4.67. The second-order valence-corrected chi connectivity index (χ2v) is 14.3. The molecule has 0 aromatic heterocycles. The van der Waals surface area contributed by atoms with Crippen LogP contribution in [0.1, 0.15) is 117 Å². The molecule has 9 heteroatoms. The number of rotatable bonds is 25. The lowest BCUT2D eigenvalue weighted by Crippen LogP contribution is -2.08. The first kappa shape index (κ1) is 43.2. The summed E-state index contributed by atoms with van der Waals surface area (Å²) in [6.45, 7) is 5.97. The Bertz CT molecular complexity index is 1960. The maximum Gasteiger partial charge on any atom is 0.343 e. The number of hydrogen-bond acceptors (Lipinski definition) is 9. The van der Waals surface area contributed by atoms with Gasteiger partial charge in [0.25, 0.3) is 0 Å². The molecule has 0 radical (unpaired) electrons.